The Labute approximate surface area is 238 Å². The molecule has 0 unspecified atom stereocenters. The molecular formula is C24H12Br2Cl2N2SZr. The summed E-state index contributed by atoms with van der Waals surface area (Å²) in [6.07, 6.45) is 10.5. The van der Waals surface area contributed by atoms with Crippen LogP contribution < -0.4 is 24.8 Å². The van der Waals surface area contributed by atoms with E-state index in [0.29, 0.717) is 0 Å². The molecule has 2 aliphatic carbocycles. The molecule has 0 bridgehead atoms. The van der Waals surface area contributed by atoms with Crippen LogP contribution >= 0.6 is 43.6 Å². The fraction of sp³-hybridized carbons (Fsp3) is 0. The van der Waals surface area contributed by atoms with E-state index in [9.17, 15) is 0 Å². The predicted molar refractivity (Wildman–Crippen MR) is 127 cm³/mol. The first kappa shape index (κ1) is 25.9. The first-order chi connectivity index (χ1) is 14.2. The second-order valence-electron chi connectivity index (χ2n) is 6.99. The molecule has 6 rings (SSSR count). The van der Waals surface area contributed by atoms with Gasteiger partial charge < -0.3 is 34.8 Å². The van der Waals surface area contributed by atoms with Crippen molar-refractivity contribution < 1.29 is 51.0 Å². The summed E-state index contributed by atoms with van der Waals surface area (Å²) in [6, 6.07) is 17.4. The molecule has 32 heavy (non-hydrogen) atoms. The van der Waals surface area contributed by atoms with Crippen LogP contribution in [0.4, 0.5) is 0 Å². The van der Waals surface area contributed by atoms with Crippen LogP contribution in [0.1, 0.15) is 0 Å². The molecule has 4 aliphatic rings. The van der Waals surface area contributed by atoms with Gasteiger partial charge in [-0.1, -0.05) is 102 Å². The van der Waals surface area contributed by atoms with E-state index in [0.717, 1.165) is 20.1 Å². The Morgan fingerprint density at radius 3 is 1.53 bits per heavy atom. The van der Waals surface area contributed by atoms with Crippen LogP contribution in [0.25, 0.3) is 43.8 Å². The van der Waals surface area contributed by atoms with E-state index in [1.54, 1.807) is 11.8 Å². The SMILES string of the molecule is Brc1cc(Sc2cc(Br)cc3cc4cc[nH][c-]c-4c23)c2c3[c-][nH]ccc-3cc2c1.[Cl-].[Cl-].[Zr+4]. The Morgan fingerprint density at radius 2 is 1.09 bits per heavy atom. The molecule has 0 spiro atoms. The minimum Gasteiger partial charge on any atom is -1.00 e. The van der Waals surface area contributed by atoms with E-state index >= 15 is 0 Å². The maximum atomic E-state index is 3.70. The van der Waals surface area contributed by atoms with Gasteiger partial charge in [-0.3, -0.25) is 0 Å². The summed E-state index contributed by atoms with van der Waals surface area (Å²) in [5, 5.41) is 4.88. The summed E-state index contributed by atoms with van der Waals surface area (Å²) in [5.41, 5.74) is 4.63. The van der Waals surface area contributed by atoms with E-state index in [-0.39, 0.29) is 51.0 Å². The largest absolute Gasteiger partial charge is 4.00 e. The fourth-order valence-corrected chi connectivity index (χ4v) is 6.54. The van der Waals surface area contributed by atoms with E-state index in [1.165, 1.54) is 42.5 Å². The molecule has 0 aromatic heterocycles. The van der Waals surface area contributed by atoms with Crippen molar-refractivity contribution in [2.45, 2.75) is 9.79 Å². The average molecular weight is 682 g/mol. The standard InChI is InChI=1S/C24H12Br2N2S.2ClH.Zr/c25-17-7-15-5-13-1-3-27-11-19(13)23(15)21(9-17)29-22-10-18(26)8-16-6-14-2-4-28-12-20(14)24(16)22;;;/h1-10,27-28H;2*1H;/q-2;;;+4/p-2. The predicted octanol–water partition coefficient (Wildman–Crippen LogP) is 2.14. The summed E-state index contributed by atoms with van der Waals surface area (Å²) in [5.74, 6) is 0. The van der Waals surface area contributed by atoms with Crippen LogP contribution in [0, 0.1) is 12.4 Å². The molecule has 0 saturated heterocycles. The number of nitrogens with one attached hydrogen (secondary N) is 2. The van der Waals surface area contributed by atoms with Crippen molar-refractivity contribution in [2.75, 3.05) is 0 Å². The molecule has 0 amide bonds. The summed E-state index contributed by atoms with van der Waals surface area (Å²) >= 11 is 9.18. The Kier molecular flexibility index (Phi) is 8.29. The van der Waals surface area contributed by atoms with Crippen LogP contribution in [0.15, 0.2) is 79.7 Å². The van der Waals surface area contributed by atoms with Crippen LogP contribution in [0.2, 0.25) is 0 Å². The topological polar surface area (TPSA) is 31.6 Å². The van der Waals surface area contributed by atoms with Gasteiger partial charge in [0.2, 0.25) is 0 Å². The summed E-state index contributed by atoms with van der Waals surface area (Å²) in [4.78, 5) is 8.64. The number of halogens is 4. The second kappa shape index (κ2) is 10.3. The smallest absolute Gasteiger partial charge is 1.00 e. The van der Waals surface area contributed by atoms with Crippen molar-refractivity contribution >= 4 is 65.2 Å². The quantitative estimate of drug-likeness (QED) is 0.270. The van der Waals surface area contributed by atoms with Gasteiger partial charge in [-0.05, 0) is 21.9 Å². The molecule has 2 aliphatic heterocycles. The Balaban J connectivity index is 0.000000963. The minimum absolute atomic E-state index is 0. The number of pyridine rings is 2. The van der Waals surface area contributed by atoms with Crippen LogP contribution in [0.3, 0.4) is 0 Å². The number of rotatable bonds is 2. The van der Waals surface area contributed by atoms with E-state index in [1.807, 2.05) is 12.4 Å². The second-order valence-corrected chi connectivity index (χ2v) is 9.91. The maximum absolute atomic E-state index is 3.70. The third-order valence-electron chi connectivity index (χ3n) is 5.20. The number of aromatic nitrogens is 2. The summed E-state index contributed by atoms with van der Waals surface area (Å²) in [7, 11) is 0. The molecule has 0 saturated carbocycles. The van der Waals surface area contributed by atoms with Crippen molar-refractivity contribution in [2.24, 2.45) is 0 Å². The molecule has 156 valence electrons. The first-order valence-corrected chi connectivity index (χ1v) is 11.5. The van der Waals surface area contributed by atoms with E-state index in [2.05, 4.69) is 103 Å². The molecule has 2 heterocycles. The summed E-state index contributed by atoms with van der Waals surface area (Å²) < 4.78 is 2.15. The Morgan fingerprint density at radius 1 is 0.656 bits per heavy atom. The van der Waals surface area contributed by atoms with Gasteiger partial charge in [-0.25, -0.2) is 0 Å². The van der Waals surface area contributed by atoms with Gasteiger partial charge in [0.15, 0.2) is 0 Å². The molecule has 0 radical (unpaired) electrons. The van der Waals surface area contributed by atoms with E-state index < -0.39 is 0 Å². The van der Waals surface area contributed by atoms with Crippen LogP contribution in [-0.4, -0.2) is 9.97 Å². The van der Waals surface area contributed by atoms with Crippen LogP contribution in [-0.2, 0) is 26.2 Å². The van der Waals surface area contributed by atoms with Gasteiger partial charge in [0.25, 0.3) is 0 Å². The van der Waals surface area contributed by atoms with Crippen LogP contribution in [0.5, 0.6) is 0 Å². The molecule has 2 nitrogen and oxygen atoms in total. The number of fused-ring (bicyclic) bond motifs is 6. The van der Waals surface area contributed by atoms with Crippen molar-refractivity contribution in [1.82, 2.24) is 9.97 Å². The molecule has 0 fully saturated rings. The molecule has 0 atom stereocenters. The monoisotopic (exact) mass is 678 g/mol. The third-order valence-corrected chi connectivity index (χ3v) is 7.20. The molecule has 2 aromatic carbocycles. The van der Waals surface area contributed by atoms with Crippen molar-refractivity contribution in [3.63, 3.8) is 0 Å². The van der Waals surface area contributed by atoms with Gasteiger partial charge in [-0.2, -0.15) is 0 Å². The van der Waals surface area contributed by atoms with Gasteiger partial charge in [0.05, 0.1) is 0 Å². The summed E-state index contributed by atoms with van der Waals surface area (Å²) in [6.45, 7) is 0. The zero-order valence-corrected chi connectivity index (χ0v) is 24.2. The molecular weight excluding hydrogens is 670 g/mol. The number of hydrogen-bond acceptors (Lipinski definition) is 1. The number of hydrogen-bond donors (Lipinski definition) is 2. The molecule has 8 heteroatoms. The Hall–Kier alpha value is -0.747. The number of aromatic amines is 2. The first-order valence-electron chi connectivity index (χ1n) is 9.07. The molecule has 2 N–H and O–H groups in total. The van der Waals surface area contributed by atoms with Gasteiger partial charge in [0, 0.05) is 8.95 Å². The van der Waals surface area contributed by atoms with Gasteiger partial charge in [0.1, 0.15) is 0 Å². The molecule has 2 aromatic rings. The fourth-order valence-electron chi connectivity index (χ4n) is 4.04. The normalized spacial score (nSPS) is 10.8. The Bertz CT molecular complexity index is 1370. The maximum Gasteiger partial charge on any atom is 4.00 e. The number of benzene rings is 2. The van der Waals surface area contributed by atoms with Gasteiger partial charge >= 0.3 is 26.2 Å². The third kappa shape index (κ3) is 4.35. The average Bonchev–Trinajstić information content (AvgIpc) is 3.25. The minimum atomic E-state index is 0. The van der Waals surface area contributed by atoms with Crippen molar-refractivity contribution in [3.05, 3.63) is 82.3 Å². The zero-order chi connectivity index (χ0) is 19.5. The van der Waals surface area contributed by atoms with Crippen molar-refractivity contribution in [3.8, 4) is 22.3 Å². The van der Waals surface area contributed by atoms with Gasteiger partial charge in [-0.15, -0.1) is 46.1 Å². The zero-order valence-electron chi connectivity index (χ0n) is 16.2. The van der Waals surface area contributed by atoms with Crippen molar-refractivity contribution in [1.29, 1.82) is 0 Å². The van der Waals surface area contributed by atoms with E-state index in [4.69, 9.17) is 0 Å². The number of H-pyrrole nitrogens is 2.